The quantitative estimate of drug-likeness (QED) is 0.697. The Balaban J connectivity index is 1.84. The van der Waals surface area contributed by atoms with E-state index in [1.54, 1.807) is 24.3 Å². The fraction of sp³-hybridized carbons (Fsp3) is 0.158. The van der Waals surface area contributed by atoms with E-state index in [2.05, 4.69) is 5.32 Å². The second kappa shape index (κ2) is 7.40. The highest BCUT2D eigenvalue weighted by molar-refractivity contribution is 6.31. The highest BCUT2D eigenvalue weighted by Gasteiger charge is 2.21. The number of furan rings is 1. The number of nitrogens with one attached hydrogen (secondary N) is 1. The Morgan fingerprint density at radius 3 is 2.64 bits per heavy atom. The highest BCUT2D eigenvalue weighted by Crippen LogP contribution is 2.24. The number of amides is 1. The van der Waals surface area contributed by atoms with Crippen molar-refractivity contribution in [3.8, 4) is 0 Å². The lowest BCUT2D eigenvalue weighted by molar-refractivity contribution is -0.141. The lowest BCUT2D eigenvalue weighted by Gasteiger charge is -2.17. The van der Waals surface area contributed by atoms with Crippen molar-refractivity contribution in [3.63, 3.8) is 0 Å². The van der Waals surface area contributed by atoms with Gasteiger partial charge in [0.25, 0.3) is 5.91 Å². The van der Waals surface area contributed by atoms with E-state index in [0.717, 1.165) is 10.9 Å². The summed E-state index contributed by atoms with van der Waals surface area (Å²) in [7, 11) is 1.31. The standard InChI is InChI=1S/C19H16ClNO4/c1-24-18(22)11-15(12-5-3-2-4-6-12)21-19(23)17-10-13-9-14(20)7-8-16(13)25-17/h2-10,15H,11H2,1H3,(H,21,23)/t15-/m1/s1. The molecule has 1 heterocycles. The third-order valence-electron chi connectivity index (χ3n) is 3.81. The molecule has 1 aromatic heterocycles. The Morgan fingerprint density at radius 1 is 1.16 bits per heavy atom. The largest absolute Gasteiger partial charge is 0.469 e. The van der Waals surface area contributed by atoms with Crippen LogP contribution in [-0.2, 0) is 9.53 Å². The zero-order valence-electron chi connectivity index (χ0n) is 13.5. The summed E-state index contributed by atoms with van der Waals surface area (Å²) in [5.41, 5.74) is 1.37. The summed E-state index contributed by atoms with van der Waals surface area (Å²) in [6.07, 6.45) is 0.0261. The van der Waals surface area contributed by atoms with Crippen LogP contribution in [0.15, 0.2) is 59.0 Å². The number of halogens is 1. The molecule has 128 valence electrons. The van der Waals surface area contributed by atoms with E-state index in [-0.39, 0.29) is 12.2 Å². The van der Waals surface area contributed by atoms with E-state index in [9.17, 15) is 9.59 Å². The van der Waals surface area contributed by atoms with Crippen molar-refractivity contribution in [1.82, 2.24) is 5.32 Å². The molecule has 3 aromatic rings. The Labute approximate surface area is 149 Å². The van der Waals surface area contributed by atoms with Gasteiger partial charge in [-0.25, -0.2) is 0 Å². The zero-order chi connectivity index (χ0) is 17.8. The van der Waals surface area contributed by atoms with Crippen LogP contribution in [0, 0.1) is 0 Å². The summed E-state index contributed by atoms with van der Waals surface area (Å²) in [6, 6.07) is 15.5. The summed E-state index contributed by atoms with van der Waals surface area (Å²) in [5.74, 6) is -0.668. The average molecular weight is 358 g/mol. The summed E-state index contributed by atoms with van der Waals surface area (Å²) in [5, 5.41) is 4.12. The minimum atomic E-state index is -0.516. The highest BCUT2D eigenvalue weighted by atomic mass is 35.5. The van der Waals surface area contributed by atoms with Crippen molar-refractivity contribution >= 4 is 34.4 Å². The van der Waals surface area contributed by atoms with Crippen LogP contribution in [0.25, 0.3) is 11.0 Å². The molecule has 0 spiro atoms. The van der Waals surface area contributed by atoms with Crippen LogP contribution in [0.3, 0.4) is 0 Å². The van der Waals surface area contributed by atoms with Gasteiger partial charge in [0.15, 0.2) is 5.76 Å². The minimum Gasteiger partial charge on any atom is -0.469 e. The Hall–Kier alpha value is -2.79. The third kappa shape index (κ3) is 4.00. The van der Waals surface area contributed by atoms with Crippen molar-refractivity contribution in [2.24, 2.45) is 0 Å². The first-order valence-electron chi connectivity index (χ1n) is 7.68. The van der Waals surface area contributed by atoms with Crippen LogP contribution in [0.2, 0.25) is 5.02 Å². The fourth-order valence-electron chi connectivity index (χ4n) is 2.54. The number of rotatable bonds is 5. The number of hydrogen-bond acceptors (Lipinski definition) is 4. The van der Waals surface area contributed by atoms with E-state index in [4.69, 9.17) is 20.8 Å². The summed E-state index contributed by atoms with van der Waals surface area (Å²) < 4.78 is 10.3. The van der Waals surface area contributed by atoms with Crippen molar-refractivity contribution < 1.29 is 18.7 Å². The predicted molar refractivity (Wildman–Crippen MR) is 94.5 cm³/mol. The predicted octanol–water partition coefficient (Wildman–Crippen LogP) is 4.12. The fourth-order valence-corrected chi connectivity index (χ4v) is 2.72. The first-order valence-corrected chi connectivity index (χ1v) is 8.06. The van der Waals surface area contributed by atoms with Gasteiger partial charge in [-0.05, 0) is 29.8 Å². The van der Waals surface area contributed by atoms with Crippen LogP contribution in [0.4, 0.5) is 0 Å². The molecule has 0 aliphatic carbocycles. The number of esters is 1. The van der Waals surface area contributed by atoms with Gasteiger partial charge < -0.3 is 14.5 Å². The number of carbonyl (C=O) groups is 2. The van der Waals surface area contributed by atoms with E-state index in [0.29, 0.717) is 10.6 Å². The van der Waals surface area contributed by atoms with Crippen LogP contribution < -0.4 is 5.32 Å². The molecular formula is C19H16ClNO4. The molecule has 2 aromatic carbocycles. The van der Waals surface area contributed by atoms with Crippen molar-refractivity contribution in [1.29, 1.82) is 0 Å². The van der Waals surface area contributed by atoms with E-state index >= 15 is 0 Å². The molecule has 25 heavy (non-hydrogen) atoms. The Kier molecular flexibility index (Phi) is 5.05. The molecule has 0 radical (unpaired) electrons. The monoisotopic (exact) mass is 357 g/mol. The molecule has 6 heteroatoms. The summed E-state index contributed by atoms with van der Waals surface area (Å²) in [6.45, 7) is 0. The van der Waals surface area contributed by atoms with Gasteiger partial charge >= 0.3 is 5.97 Å². The van der Waals surface area contributed by atoms with Crippen molar-refractivity contribution in [3.05, 3.63) is 70.9 Å². The first-order chi connectivity index (χ1) is 12.1. The van der Waals surface area contributed by atoms with Crippen LogP contribution in [-0.4, -0.2) is 19.0 Å². The van der Waals surface area contributed by atoms with Crippen LogP contribution in [0.1, 0.15) is 28.6 Å². The number of benzene rings is 2. The lowest BCUT2D eigenvalue weighted by atomic mass is 10.0. The molecule has 0 fully saturated rings. The number of carbonyl (C=O) groups excluding carboxylic acids is 2. The molecule has 1 amide bonds. The minimum absolute atomic E-state index is 0.0261. The van der Waals surface area contributed by atoms with E-state index in [1.165, 1.54) is 7.11 Å². The Bertz CT molecular complexity index is 904. The molecule has 0 saturated carbocycles. The maximum absolute atomic E-state index is 12.6. The molecular weight excluding hydrogens is 342 g/mol. The molecule has 0 aliphatic heterocycles. The van der Waals surface area contributed by atoms with Crippen molar-refractivity contribution in [2.45, 2.75) is 12.5 Å². The second-order valence-corrected chi connectivity index (χ2v) is 5.95. The zero-order valence-corrected chi connectivity index (χ0v) is 14.2. The van der Waals surface area contributed by atoms with Gasteiger partial charge in [0, 0.05) is 10.4 Å². The van der Waals surface area contributed by atoms with Gasteiger partial charge in [-0.1, -0.05) is 41.9 Å². The summed E-state index contributed by atoms with van der Waals surface area (Å²) in [4.78, 5) is 24.2. The molecule has 0 unspecified atom stereocenters. The van der Waals surface area contributed by atoms with Gasteiger partial charge in [0.2, 0.25) is 0 Å². The average Bonchev–Trinajstić information content (AvgIpc) is 3.05. The van der Waals surface area contributed by atoms with Gasteiger partial charge in [-0.15, -0.1) is 0 Å². The summed E-state index contributed by atoms with van der Waals surface area (Å²) >= 11 is 5.95. The number of ether oxygens (including phenoxy) is 1. The SMILES string of the molecule is COC(=O)C[C@@H](NC(=O)c1cc2cc(Cl)ccc2o1)c1ccccc1. The van der Waals surface area contributed by atoms with E-state index < -0.39 is 17.9 Å². The van der Waals surface area contributed by atoms with Crippen molar-refractivity contribution in [2.75, 3.05) is 7.11 Å². The van der Waals surface area contributed by atoms with Crippen LogP contribution in [0.5, 0.6) is 0 Å². The lowest BCUT2D eigenvalue weighted by Crippen LogP contribution is -2.30. The Morgan fingerprint density at radius 2 is 1.92 bits per heavy atom. The molecule has 1 atom stereocenters. The van der Waals surface area contributed by atoms with Gasteiger partial charge in [0.1, 0.15) is 5.58 Å². The maximum atomic E-state index is 12.6. The molecule has 0 bridgehead atoms. The first kappa shape index (κ1) is 17.0. The molecule has 0 saturated heterocycles. The number of fused-ring (bicyclic) bond motifs is 1. The van der Waals surface area contributed by atoms with E-state index in [1.807, 2.05) is 30.3 Å². The number of hydrogen-bond donors (Lipinski definition) is 1. The molecule has 1 N–H and O–H groups in total. The molecule has 0 aliphatic rings. The maximum Gasteiger partial charge on any atom is 0.307 e. The second-order valence-electron chi connectivity index (χ2n) is 5.51. The molecule has 3 rings (SSSR count). The molecule has 5 nitrogen and oxygen atoms in total. The third-order valence-corrected chi connectivity index (χ3v) is 4.04. The van der Waals surface area contributed by atoms with Gasteiger partial charge in [-0.3, -0.25) is 9.59 Å². The van der Waals surface area contributed by atoms with Gasteiger partial charge in [0.05, 0.1) is 19.6 Å². The normalized spacial score (nSPS) is 11.9. The van der Waals surface area contributed by atoms with Crippen LogP contribution >= 0.6 is 11.6 Å². The van der Waals surface area contributed by atoms with Gasteiger partial charge in [-0.2, -0.15) is 0 Å². The number of methoxy groups -OCH3 is 1. The smallest absolute Gasteiger partial charge is 0.307 e. The topological polar surface area (TPSA) is 68.5 Å².